The highest BCUT2D eigenvalue weighted by atomic mass is 32.2. The second-order valence-electron chi connectivity index (χ2n) is 8.78. The van der Waals surface area contributed by atoms with Gasteiger partial charge in [-0.1, -0.05) is 43.7 Å². The number of hydrazone groups is 1. The summed E-state index contributed by atoms with van der Waals surface area (Å²) in [6, 6.07) is 21.5. The molecule has 1 N–H and O–H groups in total. The molecule has 35 heavy (non-hydrogen) atoms. The van der Waals surface area contributed by atoms with Crippen molar-refractivity contribution >= 4 is 27.8 Å². The molecule has 0 fully saturated rings. The molecule has 1 amide bonds. The van der Waals surface area contributed by atoms with Gasteiger partial charge < -0.3 is 4.74 Å². The van der Waals surface area contributed by atoms with E-state index < -0.39 is 15.9 Å². The van der Waals surface area contributed by atoms with Crippen molar-refractivity contribution < 1.29 is 17.9 Å². The highest BCUT2D eigenvalue weighted by molar-refractivity contribution is 7.92. The number of benzene rings is 3. The van der Waals surface area contributed by atoms with Gasteiger partial charge >= 0.3 is 0 Å². The summed E-state index contributed by atoms with van der Waals surface area (Å²) in [6.45, 7) is 7.01. The fourth-order valence-corrected chi connectivity index (χ4v) is 4.07. The zero-order valence-electron chi connectivity index (χ0n) is 20.4. The quantitative estimate of drug-likeness (QED) is 0.326. The minimum Gasteiger partial charge on any atom is -0.493 e. The average Bonchev–Trinajstić information content (AvgIpc) is 2.82. The van der Waals surface area contributed by atoms with Gasteiger partial charge in [-0.25, -0.2) is 13.8 Å². The van der Waals surface area contributed by atoms with E-state index >= 15 is 0 Å². The summed E-state index contributed by atoms with van der Waals surface area (Å²) >= 11 is 0. The Morgan fingerprint density at radius 1 is 1.00 bits per heavy atom. The van der Waals surface area contributed by atoms with Crippen LogP contribution >= 0.6 is 0 Å². The largest absolute Gasteiger partial charge is 0.493 e. The maximum atomic E-state index is 12.5. The van der Waals surface area contributed by atoms with E-state index in [1.807, 2.05) is 55.5 Å². The summed E-state index contributed by atoms with van der Waals surface area (Å²) in [6.07, 6.45) is 2.71. The van der Waals surface area contributed by atoms with Gasteiger partial charge in [-0.05, 0) is 72.5 Å². The van der Waals surface area contributed by atoms with Gasteiger partial charge in [-0.2, -0.15) is 5.10 Å². The van der Waals surface area contributed by atoms with Gasteiger partial charge in [0.2, 0.25) is 10.0 Å². The lowest BCUT2D eigenvalue weighted by molar-refractivity contribution is 0.0955. The molecule has 184 valence electrons. The summed E-state index contributed by atoms with van der Waals surface area (Å²) in [4.78, 5) is 12.5. The molecule has 0 bridgehead atoms. The van der Waals surface area contributed by atoms with Crippen molar-refractivity contribution in [2.45, 2.75) is 27.3 Å². The van der Waals surface area contributed by atoms with Gasteiger partial charge in [0.1, 0.15) is 5.75 Å². The van der Waals surface area contributed by atoms with Crippen molar-refractivity contribution in [3.8, 4) is 5.75 Å². The molecule has 0 aliphatic rings. The van der Waals surface area contributed by atoms with Gasteiger partial charge in [0.25, 0.3) is 5.91 Å². The molecular formula is C27H31N3O4S. The van der Waals surface area contributed by atoms with E-state index in [-0.39, 0.29) is 6.54 Å². The molecule has 3 aromatic carbocycles. The SMILES string of the molecule is Cc1ccc(CN(c2ccc(C(=O)N/N=C\c3ccc(OCC(C)C)cc3)cc2)S(C)(=O)=O)cc1. The van der Waals surface area contributed by atoms with E-state index in [4.69, 9.17) is 4.74 Å². The highest BCUT2D eigenvalue weighted by Gasteiger charge is 2.18. The van der Waals surface area contributed by atoms with Crippen LogP contribution in [0.5, 0.6) is 5.75 Å². The van der Waals surface area contributed by atoms with E-state index in [0.29, 0.717) is 23.8 Å². The molecule has 0 radical (unpaired) electrons. The number of carbonyl (C=O) groups is 1. The topological polar surface area (TPSA) is 88.1 Å². The highest BCUT2D eigenvalue weighted by Crippen LogP contribution is 2.21. The third kappa shape index (κ3) is 7.96. The minimum atomic E-state index is -3.52. The van der Waals surface area contributed by atoms with Crippen molar-refractivity contribution in [2.75, 3.05) is 17.2 Å². The number of nitrogens with zero attached hydrogens (tertiary/aromatic N) is 2. The first-order chi connectivity index (χ1) is 16.6. The van der Waals surface area contributed by atoms with Crippen molar-refractivity contribution in [1.29, 1.82) is 0 Å². The Balaban J connectivity index is 1.62. The van der Waals surface area contributed by atoms with Crippen LogP contribution in [0.2, 0.25) is 0 Å². The van der Waals surface area contributed by atoms with E-state index in [0.717, 1.165) is 22.4 Å². The summed E-state index contributed by atoms with van der Waals surface area (Å²) < 4.78 is 31.8. The van der Waals surface area contributed by atoms with E-state index in [9.17, 15) is 13.2 Å². The van der Waals surface area contributed by atoms with Crippen LogP contribution in [0.3, 0.4) is 0 Å². The molecule has 0 aliphatic heterocycles. The van der Waals surface area contributed by atoms with Crippen LogP contribution in [-0.4, -0.2) is 33.4 Å². The summed E-state index contributed by atoms with van der Waals surface area (Å²) in [5.41, 5.74) is 6.13. The van der Waals surface area contributed by atoms with Crippen LogP contribution in [0, 0.1) is 12.8 Å². The Bertz CT molecular complexity index is 1250. The third-order valence-electron chi connectivity index (χ3n) is 5.11. The zero-order valence-corrected chi connectivity index (χ0v) is 21.2. The summed E-state index contributed by atoms with van der Waals surface area (Å²) in [5.74, 6) is 0.836. The van der Waals surface area contributed by atoms with Crippen molar-refractivity contribution in [3.63, 3.8) is 0 Å². The molecule has 0 saturated carbocycles. The molecular weight excluding hydrogens is 462 g/mol. The molecule has 8 heteroatoms. The van der Waals surface area contributed by atoms with Gasteiger partial charge in [0.15, 0.2) is 0 Å². The predicted molar refractivity (Wildman–Crippen MR) is 140 cm³/mol. The molecule has 7 nitrogen and oxygen atoms in total. The molecule has 3 rings (SSSR count). The number of amides is 1. The molecule has 0 aromatic heterocycles. The number of aryl methyl sites for hydroxylation is 1. The predicted octanol–water partition coefficient (Wildman–Crippen LogP) is 4.76. The summed E-state index contributed by atoms with van der Waals surface area (Å²) in [5, 5.41) is 4.01. The number of hydrogen-bond acceptors (Lipinski definition) is 5. The smallest absolute Gasteiger partial charge is 0.271 e. The van der Waals surface area contributed by atoms with Crippen LogP contribution in [-0.2, 0) is 16.6 Å². The number of rotatable bonds is 10. The third-order valence-corrected chi connectivity index (χ3v) is 6.25. The van der Waals surface area contributed by atoms with Gasteiger partial charge in [-0.15, -0.1) is 0 Å². The Morgan fingerprint density at radius 2 is 1.63 bits per heavy atom. The fraction of sp³-hybridized carbons (Fsp3) is 0.259. The normalized spacial score (nSPS) is 11.6. The van der Waals surface area contributed by atoms with Crippen molar-refractivity contribution in [2.24, 2.45) is 11.0 Å². The number of nitrogens with one attached hydrogen (secondary N) is 1. The first kappa shape index (κ1) is 26.0. The number of anilines is 1. The maximum Gasteiger partial charge on any atom is 0.271 e. The molecule has 0 atom stereocenters. The lowest BCUT2D eigenvalue weighted by Gasteiger charge is -2.22. The van der Waals surface area contributed by atoms with Crippen LogP contribution < -0.4 is 14.5 Å². The Kier molecular flexibility index (Phi) is 8.65. The standard InChI is InChI=1S/C27H31N3O4S/c1-20(2)19-34-26-15-9-22(10-16-26)17-28-29-27(31)24-11-13-25(14-12-24)30(35(4,32)33)18-23-7-5-21(3)6-8-23/h5-17,20H,18-19H2,1-4H3,(H,29,31)/b28-17-. The van der Waals surface area contributed by atoms with Gasteiger partial charge in [-0.3, -0.25) is 9.10 Å². The Labute approximate surface area is 207 Å². The van der Waals surface area contributed by atoms with Crippen molar-refractivity contribution in [3.05, 3.63) is 95.1 Å². The molecule has 3 aromatic rings. The minimum absolute atomic E-state index is 0.205. The average molecular weight is 494 g/mol. The van der Waals surface area contributed by atoms with Crippen LogP contribution in [0.1, 0.15) is 40.9 Å². The Morgan fingerprint density at radius 3 is 2.20 bits per heavy atom. The van der Waals surface area contributed by atoms with Gasteiger partial charge in [0.05, 0.1) is 31.3 Å². The van der Waals surface area contributed by atoms with Crippen molar-refractivity contribution in [1.82, 2.24) is 5.43 Å². The second kappa shape index (κ2) is 11.7. The number of sulfonamides is 1. The Hall–Kier alpha value is -3.65. The first-order valence-corrected chi connectivity index (χ1v) is 13.2. The molecule has 0 unspecified atom stereocenters. The first-order valence-electron chi connectivity index (χ1n) is 11.3. The van der Waals surface area contributed by atoms with E-state index in [1.165, 1.54) is 10.6 Å². The molecule has 0 saturated heterocycles. The fourth-order valence-electron chi connectivity index (χ4n) is 3.18. The maximum absolute atomic E-state index is 12.5. The molecule has 0 aliphatic carbocycles. The van der Waals surface area contributed by atoms with Crippen LogP contribution in [0.25, 0.3) is 0 Å². The van der Waals surface area contributed by atoms with E-state index in [1.54, 1.807) is 30.5 Å². The summed E-state index contributed by atoms with van der Waals surface area (Å²) in [7, 11) is -3.52. The second-order valence-corrected chi connectivity index (χ2v) is 10.7. The van der Waals surface area contributed by atoms with Gasteiger partial charge in [0, 0.05) is 5.56 Å². The number of hydrogen-bond donors (Lipinski definition) is 1. The van der Waals surface area contributed by atoms with Crippen LogP contribution in [0.4, 0.5) is 5.69 Å². The lowest BCUT2D eigenvalue weighted by atomic mass is 10.1. The number of ether oxygens (including phenoxy) is 1. The zero-order chi connectivity index (χ0) is 25.4. The molecule has 0 spiro atoms. The number of carbonyl (C=O) groups excluding carboxylic acids is 1. The van der Waals surface area contributed by atoms with E-state index in [2.05, 4.69) is 24.4 Å². The molecule has 0 heterocycles. The monoisotopic (exact) mass is 493 g/mol. The lowest BCUT2D eigenvalue weighted by Crippen LogP contribution is -2.29. The van der Waals surface area contributed by atoms with Crippen LogP contribution in [0.15, 0.2) is 77.9 Å².